The van der Waals surface area contributed by atoms with Crippen molar-refractivity contribution in [2.75, 3.05) is 0 Å². The van der Waals surface area contributed by atoms with Crippen molar-refractivity contribution in [3.8, 4) is 0 Å². The SMILES string of the molecule is N=C1O[C@H](c2cccc([N+](=O)[O-])c2)C(=N\NC(N)=S)/C1=N\NC(N)=S. The van der Waals surface area contributed by atoms with Crippen LogP contribution in [-0.4, -0.2) is 32.5 Å². The number of ether oxygens (including phenoxy) is 1. The summed E-state index contributed by atoms with van der Waals surface area (Å²) in [6.07, 6.45) is -0.929. The zero-order valence-corrected chi connectivity index (χ0v) is 14.1. The Kier molecular flexibility index (Phi) is 5.51. The topological polar surface area (TPSA) is 177 Å². The molecule has 25 heavy (non-hydrogen) atoms. The van der Waals surface area contributed by atoms with Crippen molar-refractivity contribution in [3.63, 3.8) is 0 Å². The van der Waals surface area contributed by atoms with E-state index in [1.807, 2.05) is 0 Å². The molecule has 1 atom stereocenters. The lowest BCUT2D eigenvalue weighted by Gasteiger charge is -2.10. The third-order valence-electron chi connectivity index (χ3n) is 2.89. The standard InChI is InChI=1S/C12H12N8O3S2/c13-10-8(17-19-12(15)25)7(16-18-11(14)24)9(23-10)5-2-1-3-6(4-5)20(21)22/h1-4,9,13H,(H3,14,18,24)(H3,15,19,25)/b13-10?,16-7-,17-8+/t9-/m1/s1. The minimum Gasteiger partial charge on any atom is -0.461 e. The highest BCUT2D eigenvalue weighted by Gasteiger charge is 2.38. The Bertz CT molecular complexity index is 822. The van der Waals surface area contributed by atoms with E-state index in [4.69, 9.17) is 33.8 Å². The fourth-order valence-electron chi connectivity index (χ4n) is 1.94. The fourth-order valence-corrected chi connectivity index (χ4v) is 2.03. The number of nitro benzene ring substituents is 1. The molecule has 0 unspecified atom stereocenters. The maximum atomic E-state index is 11.0. The molecule has 1 saturated heterocycles. The molecule has 0 bridgehead atoms. The largest absolute Gasteiger partial charge is 0.461 e. The van der Waals surface area contributed by atoms with Crippen LogP contribution in [-0.2, 0) is 4.74 Å². The fraction of sp³-hybridized carbons (Fsp3) is 0.0833. The summed E-state index contributed by atoms with van der Waals surface area (Å²) in [7, 11) is 0. The van der Waals surface area contributed by atoms with Crippen molar-refractivity contribution in [2.24, 2.45) is 21.7 Å². The van der Waals surface area contributed by atoms with Gasteiger partial charge in [-0.2, -0.15) is 10.2 Å². The average Bonchev–Trinajstić information content (AvgIpc) is 2.86. The number of thiocarbonyl (C=S) groups is 2. The lowest BCUT2D eigenvalue weighted by molar-refractivity contribution is -0.384. The highest BCUT2D eigenvalue weighted by atomic mass is 32.1. The molecule has 1 aliphatic heterocycles. The number of non-ortho nitro benzene ring substituents is 1. The lowest BCUT2D eigenvalue weighted by Crippen LogP contribution is -2.31. The first-order valence-corrected chi connectivity index (χ1v) is 7.37. The number of nitro groups is 1. The van der Waals surface area contributed by atoms with Crippen molar-refractivity contribution in [1.29, 1.82) is 5.41 Å². The van der Waals surface area contributed by atoms with Gasteiger partial charge in [-0.25, -0.2) is 0 Å². The van der Waals surface area contributed by atoms with Gasteiger partial charge >= 0.3 is 0 Å². The third kappa shape index (κ3) is 4.42. The monoisotopic (exact) mass is 380 g/mol. The molecular formula is C12H12N8O3S2. The summed E-state index contributed by atoms with van der Waals surface area (Å²) >= 11 is 9.35. The molecule has 7 N–H and O–H groups in total. The predicted octanol–water partition coefficient (Wildman–Crippen LogP) is 0.0218. The Balaban J connectivity index is 2.47. The summed E-state index contributed by atoms with van der Waals surface area (Å²) in [5.74, 6) is -0.330. The van der Waals surface area contributed by atoms with Crippen LogP contribution < -0.4 is 22.3 Å². The van der Waals surface area contributed by atoms with Crippen LogP contribution in [0.5, 0.6) is 0 Å². The zero-order valence-electron chi connectivity index (χ0n) is 12.4. The second-order valence-corrected chi connectivity index (χ2v) is 5.47. The van der Waals surface area contributed by atoms with Gasteiger partial charge in [0.05, 0.1) is 4.92 Å². The number of rotatable bonds is 4. The zero-order chi connectivity index (χ0) is 18.6. The lowest BCUT2D eigenvalue weighted by atomic mass is 10.0. The van der Waals surface area contributed by atoms with Gasteiger partial charge < -0.3 is 16.2 Å². The van der Waals surface area contributed by atoms with Gasteiger partial charge in [0, 0.05) is 17.7 Å². The van der Waals surface area contributed by atoms with Crippen LogP contribution in [0.1, 0.15) is 11.7 Å². The molecule has 2 rings (SSSR count). The van der Waals surface area contributed by atoms with Crippen LogP contribution >= 0.6 is 24.4 Å². The van der Waals surface area contributed by atoms with E-state index < -0.39 is 11.0 Å². The maximum Gasteiger partial charge on any atom is 0.269 e. The van der Waals surface area contributed by atoms with Gasteiger partial charge in [0.2, 0.25) is 5.90 Å². The molecule has 1 heterocycles. The smallest absolute Gasteiger partial charge is 0.269 e. The maximum absolute atomic E-state index is 11.0. The van der Waals surface area contributed by atoms with Gasteiger partial charge in [-0.3, -0.25) is 26.4 Å². The number of hydrogen-bond acceptors (Lipinski definition) is 8. The van der Waals surface area contributed by atoms with Crippen molar-refractivity contribution >= 4 is 57.7 Å². The Labute approximate surface area is 151 Å². The van der Waals surface area contributed by atoms with Gasteiger partial charge in [0.25, 0.3) is 5.69 Å². The van der Waals surface area contributed by atoms with E-state index in [0.717, 1.165) is 0 Å². The summed E-state index contributed by atoms with van der Waals surface area (Å²) in [6.45, 7) is 0. The summed E-state index contributed by atoms with van der Waals surface area (Å²) in [5.41, 5.74) is 15.8. The Morgan fingerprint density at radius 1 is 1.28 bits per heavy atom. The van der Waals surface area contributed by atoms with E-state index in [0.29, 0.717) is 5.56 Å². The molecule has 11 nitrogen and oxygen atoms in total. The van der Waals surface area contributed by atoms with Crippen LogP contribution in [0.4, 0.5) is 5.69 Å². The number of nitrogens with one attached hydrogen (secondary N) is 3. The molecule has 0 aromatic heterocycles. The van der Waals surface area contributed by atoms with E-state index in [-0.39, 0.29) is 33.2 Å². The number of nitrogens with zero attached hydrogens (tertiary/aromatic N) is 3. The highest BCUT2D eigenvalue weighted by molar-refractivity contribution is 7.80. The van der Waals surface area contributed by atoms with Crippen LogP contribution in [0.25, 0.3) is 0 Å². The number of hydrogen-bond donors (Lipinski definition) is 5. The molecule has 1 aromatic carbocycles. The van der Waals surface area contributed by atoms with E-state index in [1.54, 1.807) is 6.07 Å². The van der Waals surface area contributed by atoms with Gasteiger partial charge in [0.1, 0.15) is 5.71 Å². The third-order valence-corrected chi connectivity index (χ3v) is 3.07. The number of benzene rings is 1. The van der Waals surface area contributed by atoms with Gasteiger partial charge in [0.15, 0.2) is 22.0 Å². The van der Waals surface area contributed by atoms with Crippen molar-refractivity contribution in [1.82, 2.24) is 10.9 Å². The van der Waals surface area contributed by atoms with E-state index in [1.165, 1.54) is 18.2 Å². The first-order chi connectivity index (χ1) is 11.8. The van der Waals surface area contributed by atoms with E-state index in [2.05, 4.69) is 33.3 Å². The van der Waals surface area contributed by atoms with Crippen LogP contribution in [0.3, 0.4) is 0 Å². The van der Waals surface area contributed by atoms with Crippen molar-refractivity contribution < 1.29 is 9.66 Å². The van der Waals surface area contributed by atoms with Gasteiger partial charge in [-0.05, 0) is 24.4 Å². The molecule has 0 radical (unpaired) electrons. The van der Waals surface area contributed by atoms with E-state index in [9.17, 15) is 10.1 Å². The van der Waals surface area contributed by atoms with Crippen molar-refractivity contribution in [3.05, 3.63) is 39.9 Å². The molecule has 1 fully saturated rings. The molecule has 1 aromatic rings. The molecule has 130 valence electrons. The summed E-state index contributed by atoms with van der Waals surface area (Å²) in [6, 6.07) is 5.71. The van der Waals surface area contributed by atoms with Gasteiger partial charge in [-0.1, -0.05) is 12.1 Å². The van der Waals surface area contributed by atoms with E-state index >= 15 is 0 Å². The second-order valence-electron chi connectivity index (χ2n) is 4.59. The normalized spacial score (nSPS) is 19.5. The summed E-state index contributed by atoms with van der Waals surface area (Å²) < 4.78 is 5.42. The quantitative estimate of drug-likeness (QED) is 0.274. The summed E-state index contributed by atoms with van der Waals surface area (Å²) in [5, 5.41) is 26.4. The minimum atomic E-state index is -0.929. The Hall–Kier alpha value is -3.19. The Morgan fingerprint density at radius 2 is 1.92 bits per heavy atom. The highest BCUT2D eigenvalue weighted by Crippen LogP contribution is 2.28. The number of hydrazone groups is 2. The molecule has 0 spiro atoms. The summed E-state index contributed by atoms with van der Waals surface area (Å²) in [4.78, 5) is 10.4. The molecule has 0 saturated carbocycles. The van der Waals surface area contributed by atoms with Crippen LogP contribution in [0.2, 0.25) is 0 Å². The molecule has 13 heteroatoms. The Morgan fingerprint density at radius 3 is 2.52 bits per heavy atom. The van der Waals surface area contributed by atoms with Crippen LogP contribution in [0, 0.1) is 15.5 Å². The number of nitrogens with two attached hydrogens (primary N) is 2. The minimum absolute atomic E-state index is 0.00643. The molecular weight excluding hydrogens is 368 g/mol. The van der Waals surface area contributed by atoms with Gasteiger partial charge in [-0.15, -0.1) is 0 Å². The first-order valence-electron chi connectivity index (χ1n) is 6.56. The first kappa shape index (κ1) is 18.2. The van der Waals surface area contributed by atoms with Crippen molar-refractivity contribution in [2.45, 2.75) is 6.10 Å². The molecule has 0 aliphatic carbocycles. The second kappa shape index (κ2) is 7.59. The van der Waals surface area contributed by atoms with Crippen LogP contribution in [0.15, 0.2) is 34.5 Å². The molecule has 0 amide bonds. The predicted molar refractivity (Wildman–Crippen MR) is 99.4 cm³/mol. The average molecular weight is 380 g/mol. The molecule has 1 aliphatic rings.